The number of carbonyl (C=O) groups excluding carboxylic acids is 1. The van der Waals surface area contributed by atoms with Crippen molar-refractivity contribution >= 4 is 17.5 Å². The van der Waals surface area contributed by atoms with Crippen LogP contribution < -0.4 is 11.1 Å². The normalized spacial score (nSPS) is 22.1. The van der Waals surface area contributed by atoms with Crippen molar-refractivity contribution in [1.82, 2.24) is 25.0 Å². The molecule has 1 fully saturated rings. The van der Waals surface area contributed by atoms with Crippen LogP contribution in [-0.2, 0) is 16.6 Å². The molecule has 1 saturated carbocycles. The molecule has 12 heteroatoms. The molecule has 0 aliphatic heterocycles. The fourth-order valence-electron chi connectivity index (χ4n) is 4.76. The molecule has 4 rings (SSSR count). The number of carbonyl (C=O) groups is 1. The lowest BCUT2D eigenvalue weighted by Gasteiger charge is -2.44. The lowest BCUT2D eigenvalue weighted by molar-refractivity contribution is -0.141. The number of aromatic nitrogens is 5. The molecule has 2 heterocycles. The Bertz CT molecular complexity index is 1260. The Labute approximate surface area is 199 Å². The van der Waals surface area contributed by atoms with Gasteiger partial charge in [0.15, 0.2) is 0 Å². The molecule has 0 radical (unpaired) electrons. The van der Waals surface area contributed by atoms with Crippen LogP contribution in [0.15, 0.2) is 36.7 Å². The highest BCUT2D eigenvalue weighted by Crippen LogP contribution is 2.49. The highest BCUT2D eigenvalue weighted by Gasteiger charge is 2.48. The molecule has 9 nitrogen and oxygen atoms in total. The number of nitrogens with zero attached hydrogens (tertiary/aromatic N) is 5. The molecule has 186 valence electrons. The number of aliphatic hydroxyl groups is 1. The standard InChI is InChI=1S/C23H26F3N7O2/c1-13-8-14(29-20-28-7-5-17(30-20)23(24,25)26)10-15(9-13)33-11-18(31-32-33)22(35)6-4-16(19(27)34)21(2,3)12-22/h5,7-11,16,35H,4,6,12H2,1-3H3,(H2,27,34)(H,28,29,30)/t16?,22-/m1/s1. The number of nitrogens with one attached hydrogen (secondary N) is 1. The maximum Gasteiger partial charge on any atom is 0.433 e. The minimum absolute atomic E-state index is 0.196. The summed E-state index contributed by atoms with van der Waals surface area (Å²) in [4.78, 5) is 19.2. The molecule has 2 aromatic heterocycles. The average Bonchev–Trinajstić information content (AvgIpc) is 3.23. The second kappa shape index (κ2) is 8.59. The van der Waals surface area contributed by atoms with Gasteiger partial charge in [-0.1, -0.05) is 19.1 Å². The van der Waals surface area contributed by atoms with E-state index >= 15 is 0 Å². The van der Waals surface area contributed by atoms with E-state index in [4.69, 9.17) is 5.73 Å². The molecule has 35 heavy (non-hydrogen) atoms. The van der Waals surface area contributed by atoms with E-state index in [1.54, 1.807) is 18.3 Å². The van der Waals surface area contributed by atoms with Crippen molar-refractivity contribution in [2.24, 2.45) is 17.1 Å². The first-order valence-electron chi connectivity index (χ1n) is 11.0. The summed E-state index contributed by atoms with van der Waals surface area (Å²) in [6, 6.07) is 6.00. The summed E-state index contributed by atoms with van der Waals surface area (Å²) >= 11 is 0. The van der Waals surface area contributed by atoms with Gasteiger partial charge in [0.2, 0.25) is 11.9 Å². The minimum atomic E-state index is -4.58. The highest BCUT2D eigenvalue weighted by atomic mass is 19.4. The number of nitrogens with two attached hydrogens (primary N) is 1. The number of alkyl halides is 3. The molecule has 0 spiro atoms. The van der Waals surface area contributed by atoms with Gasteiger partial charge in [-0.2, -0.15) is 13.2 Å². The van der Waals surface area contributed by atoms with E-state index in [0.29, 0.717) is 36.3 Å². The van der Waals surface area contributed by atoms with E-state index in [9.17, 15) is 23.1 Å². The second-order valence-corrected chi connectivity index (χ2v) is 9.68. The first kappa shape index (κ1) is 24.6. The zero-order valence-corrected chi connectivity index (χ0v) is 19.5. The van der Waals surface area contributed by atoms with E-state index in [2.05, 4.69) is 25.6 Å². The van der Waals surface area contributed by atoms with Crippen LogP contribution in [0.2, 0.25) is 0 Å². The fourth-order valence-corrected chi connectivity index (χ4v) is 4.76. The van der Waals surface area contributed by atoms with Crippen molar-refractivity contribution in [3.05, 3.63) is 53.6 Å². The molecule has 1 unspecified atom stereocenters. The second-order valence-electron chi connectivity index (χ2n) is 9.68. The fraction of sp³-hybridized carbons (Fsp3) is 0.435. The number of anilines is 2. The predicted molar refractivity (Wildman–Crippen MR) is 121 cm³/mol. The molecule has 1 aliphatic carbocycles. The monoisotopic (exact) mass is 489 g/mol. The van der Waals surface area contributed by atoms with E-state index < -0.39 is 22.9 Å². The molecule has 1 aromatic carbocycles. The number of halogens is 3. The predicted octanol–water partition coefficient (Wildman–Crippen LogP) is 3.63. The van der Waals surface area contributed by atoms with Gasteiger partial charge in [0, 0.05) is 17.8 Å². The van der Waals surface area contributed by atoms with E-state index in [0.717, 1.165) is 17.8 Å². The topological polar surface area (TPSA) is 132 Å². The van der Waals surface area contributed by atoms with Gasteiger partial charge in [0.25, 0.3) is 0 Å². The molecule has 0 saturated heterocycles. The summed E-state index contributed by atoms with van der Waals surface area (Å²) in [6.07, 6.45) is -0.898. The van der Waals surface area contributed by atoms with Crippen LogP contribution in [0.4, 0.5) is 24.8 Å². The zero-order chi connectivity index (χ0) is 25.6. The van der Waals surface area contributed by atoms with Crippen LogP contribution >= 0.6 is 0 Å². The van der Waals surface area contributed by atoms with Crippen LogP contribution in [0, 0.1) is 18.3 Å². The summed E-state index contributed by atoms with van der Waals surface area (Å²) in [5, 5.41) is 22.5. The van der Waals surface area contributed by atoms with E-state index in [1.807, 2.05) is 26.8 Å². The third-order valence-corrected chi connectivity index (χ3v) is 6.38. The van der Waals surface area contributed by atoms with Crippen LogP contribution in [0.25, 0.3) is 5.69 Å². The van der Waals surface area contributed by atoms with Crippen molar-refractivity contribution < 1.29 is 23.1 Å². The number of hydrogen-bond acceptors (Lipinski definition) is 7. The van der Waals surface area contributed by atoms with Crippen LogP contribution in [0.5, 0.6) is 0 Å². The number of hydrogen-bond donors (Lipinski definition) is 3. The van der Waals surface area contributed by atoms with Crippen molar-refractivity contribution in [3.8, 4) is 5.69 Å². The number of rotatable bonds is 5. The summed E-state index contributed by atoms with van der Waals surface area (Å²) in [5.41, 5.74) is 4.90. The Hall–Kier alpha value is -3.54. The van der Waals surface area contributed by atoms with Crippen molar-refractivity contribution in [2.75, 3.05) is 5.32 Å². The van der Waals surface area contributed by atoms with Gasteiger partial charge in [-0.3, -0.25) is 4.79 Å². The average molecular weight is 490 g/mol. The van der Waals surface area contributed by atoms with Gasteiger partial charge in [-0.15, -0.1) is 5.10 Å². The smallest absolute Gasteiger partial charge is 0.383 e. The number of aryl methyl sites for hydroxylation is 1. The Morgan fingerprint density at radius 2 is 2.03 bits per heavy atom. The van der Waals surface area contributed by atoms with Crippen molar-refractivity contribution in [2.45, 2.75) is 51.8 Å². The van der Waals surface area contributed by atoms with Gasteiger partial charge in [-0.25, -0.2) is 14.6 Å². The van der Waals surface area contributed by atoms with Gasteiger partial charge in [0.1, 0.15) is 17.0 Å². The van der Waals surface area contributed by atoms with E-state index in [1.165, 1.54) is 4.68 Å². The highest BCUT2D eigenvalue weighted by molar-refractivity contribution is 5.77. The van der Waals surface area contributed by atoms with Gasteiger partial charge >= 0.3 is 6.18 Å². The number of benzene rings is 1. The molecule has 0 bridgehead atoms. The molecule has 2 atom stereocenters. The first-order valence-corrected chi connectivity index (χ1v) is 11.0. The maximum atomic E-state index is 13.0. The quantitative estimate of drug-likeness (QED) is 0.499. The van der Waals surface area contributed by atoms with E-state index in [-0.39, 0.29) is 17.8 Å². The minimum Gasteiger partial charge on any atom is -0.383 e. The lowest BCUT2D eigenvalue weighted by atomic mass is 9.62. The molecule has 1 amide bonds. The molecule has 3 aromatic rings. The van der Waals surface area contributed by atoms with Crippen LogP contribution in [-0.4, -0.2) is 36.0 Å². The molecule has 1 aliphatic rings. The summed E-state index contributed by atoms with van der Waals surface area (Å²) in [5.74, 6) is -0.926. The largest absolute Gasteiger partial charge is 0.433 e. The number of primary amides is 1. The van der Waals surface area contributed by atoms with Crippen LogP contribution in [0.1, 0.15) is 50.1 Å². The van der Waals surface area contributed by atoms with Gasteiger partial charge in [-0.05, 0) is 61.4 Å². The third-order valence-electron chi connectivity index (χ3n) is 6.38. The summed E-state index contributed by atoms with van der Waals surface area (Å²) < 4.78 is 40.4. The Kier molecular flexibility index (Phi) is 6.04. The summed E-state index contributed by atoms with van der Waals surface area (Å²) in [6.45, 7) is 5.61. The van der Waals surface area contributed by atoms with Crippen LogP contribution in [0.3, 0.4) is 0 Å². The molecular weight excluding hydrogens is 463 g/mol. The van der Waals surface area contributed by atoms with Gasteiger partial charge < -0.3 is 16.2 Å². The first-order chi connectivity index (χ1) is 16.3. The Morgan fingerprint density at radius 1 is 1.29 bits per heavy atom. The third kappa shape index (κ3) is 5.11. The Morgan fingerprint density at radius 3 is 2.69 bits per heavy atom. The molecular formula is C23H26F3N7O2. The maximum absolute atomic E-state index is 13.0. The SMILES string of the molecule is Cc1cc(Nc2nccc(C(F)(F)F)n2)cc(-n2cc([C@@]3(O)CCC(C(N)=O)C(C)(C)C3)nn2)c1. The van der Waals surface area contributed by atoms with Gasteiger partial charge in [0.05, 0.1) is 11.9 Å². The van der Waals surface area contributed by atoms with Crippen molar-refractivity contribution in [3.63, 3.8) is 0 Å². The number of amides is 1. The summed E-state index contributed by atoms with van der Waals surface area (Å²) in [7, 11) is 0. The van der Waals surface area contributed by atoms with Crippen molar-refractivity contribution in [1.29, 1.82) is 0 Å². The Balaban J connectivity index is 1.59. The lowest BCUT2D eigenvalue weighted by Crippen LogP contribution is -2.46. The molecule has 4 N–H and O–H groups in total. The zero-order valence-electron chi connectivity index (χ0n) is 19.5.